The lowest BCUT2D eigenvalue weighted by molar-refractivity contribution is -0.117. The fraction of sp³-hybridized carbons (Fsp3) is 0.357. The van der Waals surface area contributed by atoms with Crippen LogP contribution < -0.4 is 10.0 Å². The second-order valence-electron chi connectivity index (χ2n) is 5.60. The van der Waals surface area contributed by atoms with E-state index in [-0.39, 0.29) is 14.9 Å². The van der Waals surface area contributed by atoms with Crippen molar-refractivity contribution in [1.29, 1.82) is 0 Å². The van der Waals surface area contributed by atoms with E-state index in [1.165, 1.54) is 36.5 Å². The Balaban J connectivity index is 1.69. The number of amides is 1. The largest absolute Gasteiger partial charge is 0.299 e. The maximum absolute atomic E-state index is 12.5. The number of sulfonamides is 1. The van der Waals surface area contributed by atoms with Crippen molar-refractivity contribution in [1.82, 2.24) is 14.9 Å². The highest BCUT2D eigenvalue weighted by molar-refractivity contribution is 7.89. The fourth-order valence-electron chi connectivity index (χ4n) is 2.08. The van der Waals surface area contributed by atoms with E-state index in [1.807, 2.05) is 0 Å². The molecule has 1 saturated carbocycles. The summed E-state index contributed by atoms with van der Waals surface area (Å²) in [7, 11) is -4.06. The Morgan fingerprint density at radius 3 is 2.52 bits per heavy atom. The first-order chi connectivity index (χ1) is 11.8. The number of hydrogen-bond donors (Lipinski definition) is 2. The van der Waals surface area contributed by atoms with Gasteiger partial charge >= 0.3 is 0 Å². The average Bonchev–Trinajstić information content (AvgIpc) is 3.26. The minimum absolute atomic E-state index is 0.0224. The highest BCUT2D eigenvalue weighted by Crippen LogP contribution is 2.42. The second kappa shape index (κ2) is 7.16. The van der Waals surface area contributed by atoms with Gasteiger partial charge in [0.25, 0.3) is 0 Å². The van der Waals surface area contributed by atoms with Gasteiger partial charge < -0.3 is 0 Å². The summed E-state index contributed by atoms with van der Waals surface area (Å²) in [5.41, 5.74) is 0. The Bertz CT molecular complexity index is 892. The SMILES string of the molecule is CC(NS(=O)(=O)c1c(Cl)cccc1Cl)C(=O)Nc1nnc(C2CC2)s1. The second-order valence-corrected chi connectivity index (χ2v) is 9.08. The van der Waals surface area contributed by atoms with Crippen molar-refractivity contribution in [3.63, 3.8) is 0 Å². The van der Waals surface area contributed by atoms with E-state index < -0.39 is 22.0 Å². The van der Waals surface area contributed by atoms with Crippen LogP contribution in [0.1, 0.15) is 30.7 Å². The van der Waals surface area contributed by atoms with Crippen molar-refractivity contribution in [2.24, 2.45) is 0 Å². The van der Waals surface area contributed by atoms with E-state index >= 15 is 0 Å². The topological polar surface area (TPSA) is 101 Å². The molecule has 134 valence electrons. The molecule has 2 aromatic rings. The van der Waals surface area contributed by atoms with Gasteiger partial charge in [0.2, 0.25) is 21.1 Å². The van der Waals surface area contributed by atoms with E-state index in [9.17, 15) is 13.2 Å². The molecule has 0 saturated heterocycles. The quantitative estimate of drug-likeness (QED) is 0.747. The van der Waals surface area contributed by atoms with Gasteiger partial charge in [-0.15, -0.1) is 10.2 Å². The summed E-state index contributed by atoms with van der Waals surface area (Å²) in [5.74, 6) is -0.119. The lowest BCUT2D eigenvalue weighted by Crippen LogP contribution is -2.41. The average molecular weight is 421 g/mol. The number of benzene rings is 1. The van der Waals surface area contributed by atoms with Gasteiger partial charge in [-0.05, 0) is 31.9 Å². The van der Waals surface area contributed by atoms with Crippen molar-refractivity contribution in [2.45, 2.75) is 36.6 Å². The number of rotatable bonds is 6. The maximum Gasteiger partial charge on any atom is 0.244 e. The number of carbonyl (C=O) groups excluding carboxylic acids is 1. The summed E-state index contributed by atoms with van der Waals surface area (Å²) in [5, 5.41) is 11.7. The third-order valence-corrected chi connectivity index (χ3v) is 7.01. The van der Waals surface area contributed by atoms with Crippen LogP contribution in [0.3, 0.4) is 0 Å². The normalized spacial score (nSPS) is 15.8. The molecule has 1 heterocycles. The molecule has 2 N–H and O–H groups in total. The first-order valence-corrected chi connectivity index (χ1v) is 10.4. The molecular weight excluding hydrogens is 407 g/mol. The van der Waals surface area contributed by atoms with E-state index in [4.69, 9.17) is 23.2 Å². The molecule has 1 amide bonds. The summed E-state index contributed by atoms with van der Waals surface area (Å²) in [6, 6.07) is 3.30. The molecule has 7 nitrogen and oxygen atoms in total. The number of halogens is 2. The minimum atomic E-state index is -4.06. The van der Waals surface area contributed by atoms with Crippen LogP contribution in [0.2, 0.25) is 10.0 Å². The summed E-state index contributed by atoms with van der Waals surface area (Å²) in [6.45, 7) is 1.42. The van der Waals surface area contributed by atoms with Gasteiger partial charge in [-0.25, -0.2) is 8.42 Å². The van der Waals surface area contributed by atoms with Gasteiger partial charge in [0.1, 0.15) is 9.90 Å². The molecule has 11 heteroatoms. The molecule has 1 aliphatic carbocycles. The summed E-state index contributed by atoms with van der Waals surface area (Å²) in [6.07, 6.45) is 2.16. The highest BCUT2D eigenvalue weighted by atomic mass is 35.5. The molecular formula is C14H14Cl2N4O3S2. The van der Waals surface area contributed by atoms with Crippen molar-refractivity contribution in [3.05, 3.63) is 33.3 Å². The Hall–Kier alpha value is -1.26. The Kier molecular flexibility index (Phi) is 5.31. The molecule has 0 radical (unpaired) electrons. The summed E-state index contributed by atoms with van der Waals surface area (Å²) in [4.78, 5) is 12.0. The third kappa shape index (κ3) is 4.29. The van der Waals surface area contributed by atoms with Gasteiger partial charge in [-0.3, -0.25) is 10.1 Å². The number of hydrogen-bond acceptors (Lipinski definition) is 6. The smallest absolute Gasteiger partial charge is 0.244 e. The van der Waals surface area contributed by atoms with Gasteiger partial charge in [0, 0.05) is 5.92 Å². The first-order valence-electron chi connectivity index (χ1n) is 7.38. The standard InChI is InChI=1S/C14H14Cl2N4O3S2/c1-7(12(21)17-14-19-18-13(24-14)8-5-6-8)20-25(22,23)11-9(15)3-2-4-10(11)16/h2-4,7-8,20H,5-6H2,1H3,(H,17,19,21). The van der Waals surface area contributed by atoms with Gasteiger partial charge in [-0.2, -0.15) is 4.72 Å². The molecule has 3 rings (SSSR count). The van der Waals surface area contributed by atoms with E-state index in [1.54, 1.807) is 0 Å². The molecule has 0 aliphatic heterocycles. The molecule has 1 unspecified atom stereocenters. The van der Waals surface area contributed by atoms with Crippen molar-refractivity contribution >= 4 is 55.6 Å². The Labute approximate surface area is 158 Å². The van der Waals surface area contributed by atoms with Crippen molar-refractivity contribution in [3.8, 4) is 0 Å². The molecule has 1 aromatic heterocycles. The van der Waals surface area contributed by atoms with Crippen LogP contribution in [0.4, 0.5) is 5.13 Å². The molecule has 25 heavy (non-hydrogen) atoms. The maximum atomic E-state index is 12.5. The fourth-order valence-corrected chi connectivity index (χ4v) is 5.34. The number of carbonyl (C=O) groups is 1. The van der Waals surface area contributed by atoms with Crippen molar-refractivity contribution in [2.75, 3.05) is 5.32 Å². The van der Waals surface area contributed by atoms with Gasteiger partial charge in [0.15, 0.2) is 0 Å². The summed E-state index contributed by atoms with van der Waals surface area (Å²) >= 11 is 13.1. The third-order valence-electron chi connectivity index (χ3n) is 3.51. The van der Waals surface area contributed by atoms with Crippen molar-refractivity contribution < 1.29 is 13.2 Å². The molecule has 0 spiro atoms. The lowest BCUT2D eigenvalue weighted by atomic mass is 10.3. The molecule has 1 aliphatic rings. The molecule has 0 bridgehead atoms. The van der Waals surface area contributed by atoms with E-state index in [0.717, 1.165) is 17.8 Å². The molecule has 1 aromatic carbocycles. The van der Waals surface area contributed by atoms with Crippen LogP contribution >= 0.6 is 34.5 Å². The highest BCUT2D eigenvalue weighted by Gasteiger charge is 2.29. The molecule has 1 atom stereocenters. The van der Waals surface area contributed by atoms with Crippen LogP contribution in [0.25, 0.3) is 0 Å². The Morgan fingerprint density at radius 2 is 1.92 bits per heavy atom. The van der Waals surface area contributed by atoms with Crippen LogP contribution in [0, 0.1) is 0 Å². The van der Waals surface area contributed by atoms with E-state index in [2.05, 4.69) is 20.2 Å². The number of anilines is 1. The lowest BCUT2D eigenvalue weighted by Gasteiger charge is -2.14. The molecule has 1 fully saturated rings. The zero-order valence-corrected chi connectivity index (χ0v) is 16.1. The predicted molar refractivity (Wildman–Crippen MR) is 96.8 cm³/mol. The number of aromatic nitrogens is 2. The van der Waals surface area contributed by atoms with Gasteiger partial charge in [0.05, 0.1) is 16.1 Å². The van der Waals surface area contributed by atoms with Crippen LogP contribution in [0.15, 0.2) is 23.1 Å². The van der Waals surface area contributed by atoms with Gasteiger partial charge in [-0.1, -0.05) is 40.6 Å². The predicted octanol–water partition coefficient (Wildman–Crippen LogP) is 3.03. The zero-order chi connectivity index (χ0) is 18.2. The van der Waals surface area contributed by atoms with Crippen LogP contribution in [0.5, 0.6) is 0 Å². The first kappa shape index (κ1) is 18.5. The van der Waals surface area contributed by atoms with Crippen LogP contribution in [-0.4, -0.2) is 30.6 Å². The minimum Gasteiger partial charge on any atom is -0.299 e. The summed E-state index contributed by atoms with van der Waals surface area (Å²) < 4.78 is 27.2. The zero-order valence-electron chi connectivity index (χ0n) is 13.0. The Morgan fingerprint density at radius 1 is 1.28 bits per heavy atom. The number of nitrogens with zero attached hydrogens (tertiary/aromatic N) is 2. The van der Waals surface area contributed by atoms with Crippen LogP contribution in [-0.2, 0) is 14.8 Å². The van der Waals surface area contributed by atoms with E-state index in [0.29, 0.717) is 11.0 Å². The number of nitrogens with one attached hydrogen (secondary N) is 2. The monoisotopic (exact) mass is 420 g/mol.